The van der Waals surface area contributed by atoms with E-state index in [0.29, 0.717) is 36.8 Å². The van der Waals surface area contributed by atoms with Crippen LogP contribution in [0, 0.1) is 12.7 Å². The molecule has 5 nitrogen and oxygen atoms in total. The molecule has 0 aliphatic carbocycles. The molecule has 4 rings (SSSR count). The first-order valence-electron chi connectivity index (χ1n) is 10.5. The Balaban J connectivity index is 1.71. The lowest BCUT2D eigenvalue weighted by atomic mass is 10.1. The van der Waals surface area contributed by atoms with Crippen LogP contribution in [-0.4, -0.2) is 21.2 Å². The Morgan fingerprint density at radius 3 is 2.50 bits per heavy atom. The largest absolute Gasteiger partial charge is 0.325 e. The van der Waals surface area contributed by atoms with Crippen LogP contribution in [-0.2, 0) is 11.2 Å². The summed E-state index contributed by atoms with van der Waals surface area (Å²) in [4.78, 5) is 32.7. The summed E-state index contributed by atoms with van der Waals surface area (Å²) in [5, 5.41) is 4.47. The van der Waals surface area contributed by atoms with E-state index in [1.807, 2.05) is 6.92 Å². The number of carbonyl (C=O) groups excluding carboxylic acids is 1. The second-order valence-corrected chi connectivity index (χ2v) is 10.5. The van der Waals surface area contributed by atoms with E-state index in [2.05, 4.69) is 12.2 Å². The number of aromatic nitrogens is 2. The molecule has 0 saturated heterocycles. The van der Waals surface area contributed by atoms with Crippen LogP contribution in [0.1, 0.15) is 23.8 Å². The molecule has 0 unspecified atom stereocenters. The number of aryl methyl sites for hydroxylation is 2. The average Bonchev–Trinajstić information content (AvgIpc) is 3.08. The zero-order valence-corrected chi connectivity index (χ0v) is 21.5. The number of nitrogens with zero attached hydrogens (tertiary/aromatic N) is 2. The maximum Gasteiger partial charge on any atom is 0.267 e. The Morgan fingerprint density at radius 2 is 1.85 bits per heavy atom. The standard InChI is InChI=1S/C24H20Cl2FN3O2S2/c1-3-4-19-13(2)21-22(34-19)29-24(30(23(21)32)18-7-5-16(27)6-8-18)33-12-20(31)28-17-10-14(25)9-15(26)11-17/h5-11H,3-4,12H2,1-2H3,(H,28,31). The van der Waals surface area contributed by atoms with Crippen LogP contribution in [0.5, 0.6) is 0 Å². The molecule has 34 heavy (non-hydrogen) atoms. The third kappa shape index (κ3) is 5.30. The van der Waals surface area contributed by atoms with Crippen LogP contribution in [0.3, 0.4) is 0 Å². The fourth-order valence-electron chi connectivity index (χ4n) is 3.54. The van der Waals surface area contributed by atoms with Crippen molar-refractivity contribution in [3.8, 4) is 5.69 Å². The molecule has 0 spiro atoms. The van der Waals surface area contributed by atoms with Crippen molar-refractivity contribution in [2.24, 2.45) is 0 Å². The molecule has 0 aliphatic heterocycles. The highest BCUT2D eigenvalue weighted by Gasteiger charge is 2.20. The normalized spacial score (nSPS) is 11.2. The Hall–Kier alpha value is -2.39. The summed E-state index contributed by atoms with van der Waals surface area (Å²) in [6, 6.07) is 10.4. The highest BCUT2D eigenvalue weighted by molar-refractivity contribution is 7.99. The number of fused-ring (bicyclic) bond motifs is 1. The maximum atomic E-state index is 13.6. The maximum absolute atomic E-state index is 13.6. The van der Waals surface area contributed by atoms with Crippen molar-refractivity contribution < 1.29 is 9.18 Å². The third-order valence-electron chi connectivity index (χ3n) is 5.07. The molecule has 4 aromatic rings. The number of anilines is 1. The van der Waals surface area contributed by atoms with Gasteiger partial charge in [0, 0.05) is 20.6 Å². The molecule has 0 radical (unpaired) electrons. The highest BCUT2D eigenvalue weighted by Crippen LogP contribution is 2.31. The molecule has 1 amide bonds. The van der Waals surface area contributed by atoms with Crippen molar-refractivity contribution in [2.75, 3.05) is 11.1 Å². The monoisotopic (exact) mass is 535 g/mol. The van der Waals surface area contributed by atoms with Gasteiger partial charge in [0.05, 0.1) is 16.8 Å². The van der Waals surface area contributed by atoms with E-state index in [0.717, 1.165) is 35.0 Å². The SMILES string of the molecule is CCCc1sc2nc(SCC(=O)Nc3cc(Cl)cc(Cl)c3)n(-c3ccc(F)cc3)c(=O)c2c1C. The Morgan fingerprint density at radius 1 is 1.18 bits per heavy atom. The first kappa shape index (κ1) is 24.7. The number of thiophene rings is 1. The molecule has 2 heterocycles. The van der Waals surface area contributed by atoms with Gasteiger partial charge in [0.1, 0.15) is 10.6 Å². The van der Waals surface area contributed by atoms with Crippen LogP contribution in [0.2, 0.25) is 10.0 Å². The van der Waals surface area contributed by atoms with Gasteiger partial charge in [-0.05, 0) is 61.4 Å². The second kappa shape index (κ2) is 10.5. The smallest absolute Gasteiger partial charge is 0.267 e. The van der Waals surface area contributed by atoms with Gasteiger partial charge in [0.2, 0.25) is 5.91 Å². The van der Waals surface area contributed by atoms with Crippen molar-refractivity contribution >= 4 is 68.1 Å². The zero-order chi connectivity index (χ0) is 24.4. The zero-order valence-electron chi connectivity index (χ0n) is 18.3. The van der Waals surface area contributed by atoms with E-state index in [9.17, 15) is 14.0 Å². The summed E-state index contributed by atoms with van der Waals surface area (Å²) >= 11 is 14.6. The van der Waals surface area contributed by atoms with E-state index in [1.54, 1.807) is 18.2 Å². The lowest BCUT2D eigenvalue weighted by Gasteiger charge is -2.12. The lowest BCUT2D eigenvalue weighted by molar-refractivity contribution is -0.113. The molecule has 1 N–H and O–H groups in total. The van der Waals surface area contributed by atoms with Gasteiger partial charge in [0.25, 0.3) is 5.56 Å². The van der Waals surface area contributed by atoms with E-state index in [4.69, 9.17) is 28.2 Å². The third-order valence-corrected chi connectivity index (χ3v) is 7.69. The van der Waals surface area contributed by atoms with Crippen LogP contribution in [0.25, 0.3) is 15.9 Å². The van der Waals surface area contributed by atoms with Gasteiger partial charge in [-0.2, -0.15) is 0 Å². The predicted octanol–water partition coefficient (Wildman–Crippen LogP) is 6.88. The van der Waals surface area contributed by atoms with Gasteiger partial charge < -0.3 is 5.32 Å². The number of nitrogens with one attached hydrogen (secondary N) is 1. The van der Waals surface area contributed by atoms with Crippen molar-refractivity contribution in [1.29, 1.82) is 0 Å². The quantitative estimate of drug-likeness (QED) is 0.207. The van der Waals surface area contributed by atoms with Crippen LogP contribution < -0.4 is 10.9 Å². The number of amides is 1. The molecular weight excluding hydrogens is 516 g/mol. The number of benzene rings is 2. The summed E-state index contributed by atoms with van der Waals surface area (Å²) in [5.74, 6) is -0.718. The van der Waals surface area contributed by atoms with E-state index in [1.165, 1.54) is 40.2 Å². The van der Waals surface area contributed by atoms with E-state index < -0.39 is 5.82 Å². The fourth-order valence-corrected chi connectivity index (χ4v) is 6.20. The molecular formula is C24H20Cl2FN3O2S2. The first-order chi connectivity index (χ1) is 16.3. The van der Waals surface area contributed by atoms with Gasteiger partial charge in [-0.15, -0.1) is 11.3 Å². The molecule has 0 bridgehead atoms. The predicted molar refractivity (Wildman–Crippen MR) is 140 cm³/mol. The summed E-state index contributed by atoms with van der Waals surface area (Å²) in [6.07, 6.45) is 1.81. The minimum absolute atomic E-state index is 0.00452. The van der Waals surface area contributed by atoms with Gasteiger partial charge in [-0.1, -0.05) is 48.3 Å². The topological polar surface area (TPSA) is 64.0 Å². The Bertz CT molecular complexity index is 1410. The van der Waals surface area contributed by atoms with Crippen molar-refractivity contribution in [1.82, 2.24) is 9.55 Å². The summed E-state index contributed by atoms with van der Waals surface area (Å²) < 4.78 is 15.0. The van der Waals surface area contributed by atoms with Crippen LogP contribution in [0.4, 0.5) is 10.1 Å². The molecule has 10 heteroatoms. The number of rotatable bonds is 7. The summed E-state index contributed by atoms with van der Waals surface area (Å²) in [5.41, 5.74) is 1.63. The molecule has 0 fully saturated rings. The van der Waals surface area contributed by atoms with Gasteiger partial charge >= 0.3 is 0 Å². The molecule has 0 saturated carbocycles. The second-order valence-electron chi connectivity index (χ2n) is 7.59. The van der Waals surface area contributed by atoms with Crippen molar-refractivity contribution in [2.45, 2.75) is 31.8 Å². The molecule has 0 aliphatic rings. The molecule has 176 valence electrons. The molecule has 2 aromatic heterocycles. The average molecular weight is 536 g/mol. The lowest BCUT2D eigenvalue weighted by Crippen LogP contribution is -2.23. The van der Waals surface area contributed by atoms with Crippen molar-refractivity contribution in [3.05, 3.63) is 79.1 Å². The van der Waals surface area contributed by atoms with Crippen LogP contribution >= 0.6 is 46.3 Å². The minimum atomic E-state index is -0.406. The van der Waals surface area contributed by atoms with Crippen LogP contribution in [0.15, 0.2) is 52.4 Å². The number of carbonyl (C=O) groups is 1. The first-order valence-corrected chi connectivity index (χ1v) is 13.0. The van der Waals surface area contributed by atoms with E-state index in [-0.39, 0.29) is 17.2 Å². The summed E-state index contributed by atoms with van der Waals surface area (Å²) in [6.45, 7) is 4.01. The van der Waals surface area contributed by atoms with Gasteiger partial charge in [0.15, 0.2) is 5.16 Å². The number of halogens is 3. The van der Waals surface area contributed by atoms with Gasteiger partial charge in [-0.3, -0.25) is 14.2 Å². The Kier molecular flexibility index (Phi) is 7.62. The van der Waals surface area contributed by atoms with Crippen molar-refractivity contribution in [3.63, 3.8) is 0 Å². The fraction of sp³-hybridized carbons (Fsp3) is 0.208. The highest BCUT2D eigenvalue weighted by atomic mass is 35.5. The number of hydrogen-bond acceptors (Lipinski definition) is 5. The summed E-state index contributed by atoms with van der Waals surface area (Å²) in [7, 11) is 0. The number of hydrogen-bond donors (Lipinski definition) is 1. The Labute approximate surface area is 213 Å². The number of thioether (sulfide) groups is 1. The van der Waals surface area contributed by atoms with E-state index >= 15 is 0 Å². The minimum Gasteiger partial charge on any atom is -0.325 e. The van der Waals surface area contributed by atoms with Gasteiger partial charge in [-0.25, -0.2) is 9.37 Å². The molecule has 2 aromatic carbocycles. The molecule has 0 atom stereocenters.